The quantitative estimate of drug-likeness (QED) is 0.332. The molecular weight excluding hydrogens is 626 g/mol. The molecule has 11 heteroatoms. The van der Waals surface area contributed by atoms with E-state index in [9.17, 15) is 14.7 Å². The van der Waals surface area contributed by atoms with Gasteiger partial charge < -0.3 is 33.7 Å². The van der Waals surface area contributed by atoms with Crippen LogP contribution in [-0.4, -0.2) is 135 Å². The first-order chi connectivity index (χ1) is 23.0. The second-order valence-corrected chi connectivity index (χ2v) is 16.0. The number of benzene rings is 1. The number of nitrogens with zero attached hydrogens (tertiary/aromatic N) is 3. The van der Waals surface area contributed by atoms with Crippen molar-refractivity contribution in [3.05, 3.63) is 29.8 Å². The number of aliphatic hydroxyl groups excluding tert-OH is 1. The predicted molar refractivity (Wildman–Crippen MR) is 188 cm³/mol. The van der Waals surface area contributed by atoms with Crippen molar-refractivity contribution in [1.29, 1.82) is 0 Å². The van der Waals surface area contributed by atoms with Crippen molar-refractivity contribution in [1.82, 2.24) is 14.7 Å². The molecule has 1 aromatic rings. The standard InChI is InChI=1S/C38H63N3O8/c1-25-21-37(6,46-11)33(49-34-31(42)30(39(7)8)20-26(2)48-34)27(3)32(43)36(4,5)35(44)47-24-38(40(9)22-25)16-18-41(19-17-38)23-28-12-14-29(45-10)15-13-28/h12-15,25-27,30-31,33-34,42H,16-24H2,1-11H3/t25-,26-,27+,30+,31-,33-,34+,37-/m1/s1. The molecule has 1 aromatic carbocycles. The molecule has 0 saturated carbocycles. The normalized spacial score (nSPS) is 35.3. The Hall–Kier alpha value is -2.12. The van der Waals surface area contributed by atoms with Crippen molar-refractivity contribution in [2.75, 3.05) is 61.6 Å². The highest BCUT2D eigenvalue weighted by atomic mass is 16.7. The van der Waals surface area contributed by atoms with E-state index in [0.29, 0.717) is 12.8 Å². The molecule has 278 valence electrons. The summed E-state index contributed by atoms with van der Waals surface area (Å²) in [6, 6.07) is 8.00. The lowest BCUT2D eigenvalue weighted by Gasteiger charge is -2.48. The van der Waals surface area contributed by atoms with Crippen LogP contribution >= 0.6 is 0 Å². The minimum Gasteiger partial charge on any atom is -0.497 e. The van der Waals surface area contributed by atoms with Crippen molar-refractivity contribution < 1.29 is 38.4 Å². The Labute approximate surface area is 294 Å². The summed E-state index contributed by atoms with van der Waals surface area (Å²) < 4.78 is 30.6. The molecule has 3 aliphatic rings. The van der Waals surface area contributed by atoms with Crippen LogP contribution in [-0.2, 0) is 35.1 Å². The summed E-state index contributed by atoms with van der Waals surface area (Å²) in [6.45, 7) is 14.7. The van der Waals surface area contributed by atoms with Gasteiger partial charge in [-0.3, -0.25) is 19.4 Å². The van der Waals surface area contributed by atoms with Crippen LogP contribution in [0.25, 0.3) is 0 Å². The maximum Gasteiger partial charge on any atom is 0.319 e. The molecular formula is C38H63N3O8. The van der Waals surface area contributed by atoms with Crippen molar-refractivity contribution in [2.45, 2.75) is 116 Å². The number of carbonyl (C=O) groups is 2. The number of ketones is 1. The monoisotopic (exact) mass is 689 g/mol. The molecule has 0 unspecified atom stereocenters. The van der Waals surface area contributed by atoms with Crippen LogP contribution < -0.4 is 4.74 Å². The molecule has 49 heavy (non-hydrogen) atoms. The maximum absolute atomic E-state index is 14.4. The van der Waals surface area contributed by atoms with E-state index in [1.807, 2.05) is 45.0 Å². The number of piperidine rings is 1. The van der Waals surface area contributed by atoms with E-state index in [-0.39, 0.29) is 36.0 Å². The van der Waals surface area contributed by atoms with E-state index in [2.05, 4.69) is 35.9 Å². The van der Waals surface area contributed by atoms with Gasteiger partial charge in [-0.15, -0.1) is 0 Å². The number of likely N-dealkylation sites (tertiary alicyclic amines) is 1. The summed E-state index contributed by atoms with van der Waals surface area (Å²) in [4.78, 5) is 35.0. The van der Waals surface area contributed by atoms with Gasteiger partial charge in [0.05, 0.1) is 30.5 Å². The number of likely N-dealkylation sites (N-methyl/N-ethyl adjacent to an activating group) is 2. The average Bonchev–Trinajstić information content (AvgIpc) is 3.07. The molecule has 11 nitrogen and oxygen atoms in total. The zero-order valence-electron chi connectivity index (χ0n) is 31.9. The van der Waals surface area contributed by atoms with Crippen LogP contribution in [0.5, 0.6) is 5.75 Å². The second-order valence-electron chi connectivity index (χ2n) is 16.0. The molecule has 0 radical (unpaired) electrons. The number of carbonyl (C=O) groups excluding carboxylic acids is 2. The number of hydrogen-bond donors (Lipinski definition) is 1. The maximum atomic E-state index is 14.4. The predicted octanol–water partition coefficient (Wildman–Crippen LogP) is 3.99. The number of rotatable bonds is 7. The summed E-state index contributed by atoms with van der Waals surface area (Å²) in [6.07, 6.45) is -0.00292. The lowest BCUT2D eigenvalue weighted by Crippen LogP contribution is -2.59. The molecule has 8 atom stereocenters. The van der Waals surface area contributed by atoms with Crippen LogP contribution in [0.3, 0.4) is 0 Å². The zero-order valence-corrected chi connectivity index (χ0v) is 31.9. The Morgan fingerprint density at radius 1 is 1.02 bits per heavy atom. The molecule has 1 N–H and O–H groups in total. The molecule has 3 heterocycles. The highest BCUT2D eigenvalue weighted by molar-refractivity contribution is 6.04. The van der Waals surface area contributed by atoms with Gasteiger partial charge in [-0.1, -0.05) is 26.0 Å². The van der Waals surface area contributed by atoms with Crippen molar-refractivity contribution in [3.63, 3.8) is 0 Å². The van der Waals surface area contributed by atoms with Gasteiger partial charge in [-0.05, 0) is 98.1 Å². The van der Waals surface area contributed by atoms with Gasteiger partial charge in [0, 0.05) is 45.2 Å². The number of aliphatic hydroxyl groups is 1. The van der Waals surface area contributed by atoms with Crippen LogP contribution in [0.15, 0.2) is 24.3 Å². The third-order valence-corrected chi connectivity index (χ3v) is 11.6. The topological polar surface area (TPSA) is 110 Å². The van der Waals surface area contributed by atoms with E-state index in [1.54, 1.807) is 35.0 Å². The fraction of sp³-hybridized carbons (Fsp3) is 0.789. The van der Waals surface area contributed by atoms with Gasteiger partial charge in [-0.2, -0.15) is 0 Å². The average molecular weight is 690 g/mol. The fourth-order valence-electron chi connectivity index (χ4n) is 8.26. The molecule has 1 spiro atoms. The van der Waals surface area contributed by atoms with Crippen molar-refractivity contribution >= 4 is 11.8 Å². The Balaban J connectivity index is 1.60. The van der Waals surface area contributed by atoms with Crippen LogP contribution in [0.2, 0.25) is 0 Å². The van der Waals surface area contributed by atoms with E-state index in [4.69, 9.17) is 23.7 Å². The smallest absolute Gasteiger partial charge is 0.319 e. The number of Topliss-reactive ketones (excluding diaryl/α,β-unsaturated/α-hetero) is 1. The van der Waals surface area contributed by atoms with E-state index in [0.717, 1.165) is 44.8 Å². The molecule has 0 aliphatic carbocycles. The molecule has 3 saturated heterocycles. The number of ether oxygens (including phenoxy) is 5. The van der Waals surface area contributed by atoms with Gasteiger partial charge in [0.15, 0.2) is 12.1 Å². The largest absolute Gasteiger partial charge is 0.497 e. The first-order valence-electron chi connectivity index (χ1n) is 17.9. The van der Waals surface area contributed by atoms with Gasteiger partial charge in [0.2, 0.25) is 0 Å². The summed E-state index contributed by atoms with van der Waals surface area (Å²) in [5.74, 6) is -0.629. The third kappa shape index (κ3) is 8.86. The number of methoxy groups -OCH3 is 2. The lowest BCUT2D eigenvalue weighted by molar-refractivity contribution is -0.295. The van der Waals surface area contributed by atoms with E-state index in [1.165, 1.54) is 5.56 Å². The second kappa shape index (κ2) is 16.0. The molecule has 4 rings (SSSR count). The van der Waals surface area contributed by atoms with E-state index >= 15 is 0 Å². The van der Waals surface area contributed by atoms with Crippen LogP contribution in [0, 0.1) is 17.3 Å². The Kier molecular flexibility index (Phi) is 13.0. The van der Waals surface area contributed by atoms with E-state index < -0.39 is 41.4 Å². The first kappa shape index (κ1) is 39.7. The third-order valence-electron chi connectivity index (χ3n) is 11.6. The summed E-state index contributed by atoms with van der Waals surface area (Å²) >= 11 is 0. The summed E-state index contributed by atoms with van der Waals surface area (Å²) in [5.41, 5.74) is -1.52. The highest BCUT2D eigenvalue weighted by Crippen LogP contribution is 2.40. The zero-order chi connectivity index (χ0) is 36.3. The van der Waals surface area contributed by atoms with Gasteiger partial charge in [0.1, 0.15) is 23.9 Å². The summed E-state index contributed by atoms with van der Waals surface area (Å²) in [5, 5.41) is 11.4. The minimum atomic E-state index is -1.43. The van der Waals surface area contributed by atoms with Crippen LogP contribution in [0.4, 0.5) is 0 Å². The number of hydrogen-bond acceptors (Lipinski definition) is 11. The highest BCUT2D eigenvalue weighted by Gasteiger charge is 2.52. The number of cyclic esters (lactones) is 1. The van der Waals surface area contributed by atoms with Gasteiger partial charge >= 0.3 is 5.97 Å². The molecule has 3 fully saturated rings. The molecule has 0 aromatic heterocycles. The summed E-state index contributed by atoms with van der Waals surface area (Å²) in [7, 11) is 9.29. The Morgan fingerprint density at radius 3 is 2.22 bits per heavy atom. The number of esters is 1. The van der Waals surface area contributed by atoms with Gasteiger partial charge in [0.25, 0.3) is 0 Å². The Morgan fingerprint density at radius 2 is 1.65 bits per heavy atom. The molecule has 3 aliphatic heterocycles. The minimum absolute atomic E-state index is 0.132. The van der Waals surface area contributed by atoms with Crippen LogP contribution in [0.1, 0.15) is 72.8 Å². The molecule has 0 amide bonds. The lowest BCUT2D eigenvalue weighted by atomic mass is 9.74. The van der Waals surface area contributed by atoms with Gasteiger partial charge in [-0.25, -0.2) is 0 Å². The Bertz CT molecular complexity index is 1250. The SMILES string of the molecule is COc1ccc(CN2CCC3(CC2)COC(=O)C(C)(C)C(=O)[C@H](C)[C@@H](O[C@@H]2O[C@H](C)C[C@H](N(C)C)[C@H]2O)[C@](C)(OC)C[C@@H](C)CN3C)cc1. The van der Waals surface area contributed by atoms with Crippen molar-refractivity contribution in [2.24, 2.45) is 17.3 Å². The van der Waals surface area contributed by atoms with Crippen molar-refractivity contribution in [3.8, 4) is 5.75 Å². The fourth-order valence-corrected chi connectivity index (χ4v) is 8.26. The first-order valence-corrected chi connectivity index (χ1v) is 17.9. The molecule has 0 bridgehead atoms.